The van der Waals surface area contributed by atoms with Gasteiger partial charge in [-0.15, -0.1) is 0 Å². The van der Waals surface area contributed by atoms with Crippen LogP contribution in [0.5, 0.6) is 5.75 Å². The maximum Gasteiger partial charge on any atom is 0.344 e. The molecule has 2 aromatic carbocycles. The number of hydrogen-bond acceptors (Lipinski definition) is 5. The summed E-state index contributed by atoms with van der Waals surface area (Å²) in [7, 11) is 0. The van der Waals surface area contributed by atoms with Crippen LogP contribution in [0, 0.1) is 6.92 Å². The van der Waals surface area contributed by atoms with Crippen LogP contribution >= 0.6 is 11.6 Å². The predicted molar refractivity (Wildman–Crippen MR) is 94.5 cm³/mol. The summed E-state index contributed by atoms with van der Waals surface area (Å²) in [6.07, 6.45) is 0. The Morgan fingerprint density at radius 3 is 2.38 bits per heavy atom. The maximum absolute atomic E-state index is 12.2. The second kappa shape index (κ2) is 7.58. The number of hydrogen-bond donors (Lipinski definition) is 0. The van der Waals surface area contributed by atoms with Crippen LogP contribution in [0.25, 0.3) is 0 Å². The zero-order chi connectivity index (χ0) is 18.7. The molecule has 0 fully saturated rings. The average Bonchev–Trinajstić information content (AvgIpc) is 2.88. The summed E-state index contributed by atoms with van der Waals surface area (Å²) in [5.41, 5.74) is 1.67. The number of carbonyl (C=O) groups excluding carboxylic acids is 3. The summed E-state index contributed by atoms with van der Waals surface area (Å²) < 4.78 is 10.4. The highest BCUT2D eigenvalue weighted by molar-refractivity contribution is 6.32. The summed E-state index contributed by atoms with van der Waals surface area (Å²) in [4.78, 5) is 37.2. The van der Waals surface area contributed by atoms with Gasteiger partial charge < -0.3 is 9.47 Å². The highest BCUT2D eigenvalue weighted by Crippen LogP contribution is 2.25. The molecule has 0 radical (unpaired) electrons. The van der Waals surface area contributed by atoms with Gasteiger partial charge >= 0.3 is 5.97 Å². The number of fused-ring (bicyclic) bond motifs is 1. The fraction of sp³-hybridized carbons (Fsp3) is 0.211. The van der Waals surface area contributed by atoms with E-state index in [9.17, 15) is 14.4 Å². The number of halogens is 1. The molecule has 134 valence electrons. The number of amides is 2. The Bertz CT molecular complexity index is 845. The van der Waals surface area contributed by atoms with Gasteiger partial charge in [-0.2, -0.15) is 0 Å². The molecule has 0 saturated carbocycles. The molecular weight excluding hydrogens is 358 g/mol. The van der Waals surface area contributed by atoms with Crippen LogP contribution in [0.15, 0.2) is 42.5 Å². The van der Waals surface area contributed by atoms with Gasteiger partial charge in [-0.3, -0.25) is 14.5 Å². The first kappa shape index (κ1) is 17.9. The number of ether oxygens (including phenoxy) is 2. The molecule has 26 heavy (non-hydrogen) atoms. The Labute approximate surface area is 155 Å². The van der Waals surface area contributed by atoms with Gasteiger partial charge in [0.2, 0.25) is 0 Å². The molecule has 2 amide bonds. The van der Waals surface area contributed by atoms with E-state index in [1.54, 1.807) is 36.4 Å². The van der Waals surface area contributed by atoms with Gasteiger partial charge in [0.1, 0.15) is 12.4 Å². The molecule has 0 aliphatic carbocycles. The van der Waals surface area contributed by atoms with E-state index in [-0.39, 0.29) is 31.6 Å². The predicted octanol–water partition coefficient (Wildman–Crippen LogP) is 2.87. The van der Waals surface area contributed by atoms with Crippen molar-refractivity contribution in [3.63, 3.8) is 0 Å². The van der Waals surface area contributed by atoms with Crippen LogP contribution in [0.2, 0.25) is 5.02 Å². The molecule has 1 aliphatic rings. The van der Waals surface area contributed by atoms with E-state index in [0.717, 1.165) is 10.5 Å². The number of imide groups is 1. The summed E-state index contributed by atoms with van der Waals surface area (Å²) in [5, 5.41) is 0.398. The van der Waals surface area contributed by atoms with E-state index in [1.165, 1.54) is 0 Å². The van der Waals surface area contributed by atoms with Gasteiger partial charge in [0.25, 0.3) is 11.8 Å². The van der Waals surface area contributed by atoms with E-state index in [4.69, 9.17) is 21.1 Å². The normalized spacial score (nSPS) is 12.9. The number of nitrogens with zero attached hydrogens (tertiary/aromatic N) is 1. The smallest absolute Gasteiger partial charge is 0.344 e. The Hall–Kier alpha value is -2.86. The first-order valence-electron chi connectivity index (χ1n) is 7.97. The van der Waals surface area contributed by atoms with Gasteiger partial charge in [-0.05, 0) is 36.8 Å². The Morgan fingerprint density at radius 1 is 1.08 bits per heavy atom. The van der Waals surface area contributed by atoms with E-state index in [1.807, 2.05) is 13.0 Å². The molecule has 0 bridgehead atoms. The van der Waals surface area contributed by atoms with Gasteiger partial charge in [0, 0.05) is 0 Å². The maximum atomic E-state index is 12.2. The number of benzene rings is 2. The molecule has 0 atom stereocenters. The summed E-state index contributed by atoms with van der Waals surface area (Å²) in [5.74, 6) is -0.989. The third-order valence-corrected chi connectivity index (χ3v) is 4.20. The number of rotatable bonds is 6. The molecule has 0 aromatic heterocycles. The molecule has 0 N–H and O–H groups in total. The van der Waals surface area contributed by atoms with Crippen LogP contribution in [-0.2, 0) is 9.53 Å². The minimum Gasteiger partial charge on any atom is -0.480 e. The second-order valence-corrected chi connectivity index (χ2v) is 6.16. The third kappa shape index (κ3) is 3.70. The lowest BCUT2D eigenvalue weighted by atomic mass is 10.1. The van der Waals surface area contributed by atoms with Crippen molar-refractivity contribution in [2.24, 2.45) is 0 Å². The van der Waals surface area contributed by atoms with E-state index in [2.05, 4.69) is 0 Å². The van der Waals surface area contributed by atoms with Crippen molar-refractivity contribution in [3.05, 3.63) is 64.2 Å². The number of aryl methyl sites for hydroxylation is 1. The lowest BCUT2D eigenvalue weighted by molar-refractivity contribution is -0.146. The standard InChI is InChI=1S/C19H16ClNO5/c1-12-6-7-15(20)16(10-12)26-11-17(22)25-9-8-21-18(23)13-4-2-3-5-14(13)19(21)24/h2-7,10H,8-9,11H2,1H3. The average molecular weight is 374 g/mol. The Balaban J connectivity index is 1.48. The largest absolute Gasteiger partial charge is 0.480 e. The number of esters is 1. The van der Waals surface area contributed by atoms with Gasteiger partial charge in [0.15, 0.2) is 6.61 Å². The lowest BCUT2D eigenvalue weighted by Gasteiger charge is -2.14. The fourth-order valence-corrected chi connectivity index (χ4v) is 2.76. The van der Waals surface area contributed by atoms with Crippen LogP contribution in [0.4, 0.5) is 0 Å². The highest BCUT2D eigenvalue weighted by Gasteiger charge is 2.34. The van der Waals surface area contributed by atoms with Crippen LogP contribution < -0.4 is 4.74 Å². The monoisotopic (exact) mass is 373 g/mol. The Kier molecular flexibility index (Phi) is 5.23. The van der Waals surface area contributed by atoms with E-state index in [0.29, 0.717) is 21.9 Å². The quantitative estimate of drug-likeness (QED) is 0.575. The molecule has 1 aliphatic heterocycles. The van der Waals surface area contributed by atoms with Crippen LogP contribution in [0.3, 0.4) is 0 Å². The molecule has 0 spiro atoms. The van der Waals surface area contributed by atoms with Crippen LogP contribution in [0.1, 0.15) is 26.3 Å². The summed E-state index contributed by atoms with van der Waals surface area (Å²) in [6.45, 7) is 1.45. The minimum atomic E-state index is -0.612. The topological polar surface area (TPSA) is 72.9 Å². The molecule has 7 heteroatoms. The van der Waals surface area contributed by atoms with Gasteiger partial charge in [-0.1, -0.05) is 29.8 Å². The third-order valence-electron chi connectivity index (χ3n) is 3.89. The zero-order valence-corrected chi connectivity index (χ0v) is 14.8. The first-order valence-corrected chi connectivity index (χ1v) is 8.35. The van der Waals surface area contributed by atoms with Crippen molar-refractivity contribution in [1.82, 2.24) is 4.90 Å². The van der Waals surface area contributed by atoms with Crippen molar-refractivity contribution >= 4 is 29.4 Å². The van der Waals surface area contributed by atoms with Crippen molar-refractivity contribution < 1.29 is 23.9 Å². The van der Waals surface area contributed by atoms with E-state index < -0.39 is 5.97 Å². The van der Waals surface area contributed by atoms with Crippen molar-refractivity contribution in [3.8, 4) is 5.75 Å². The zero-order valence-electron chi connectivity index (χ0n) is 14.0. The molecule has 2 aromatic rings. The van der Waals surface area contributed by atoms with Gasteiger partial charge in [0.05, 0.1) is 22.7 Å². The van der Waals surface area contributed by atoms with Crippen molar-refractivity contribution in [2.75, 3.05) is 19.8 Å². The van der Waals surface area contributed by atoms with Crippen molar-refractivity contribution in [1.29, 1.82) is 0 Å². The summed E-state index contributed by atoms with van der Waals surface area (Å²) in [6, 6.07) is 11.8. The van der Waals surface area contributed by atoms with Gasteiger partial charge in [-0.25, -0.2) is 4.79 Å². The second-order valence-electron chi connectivity index (χ2n) is 5.75. The van der Waals surface area contributed by atoms with Crippen molar-refractivity contribution in [2.45, 2.75) is 6.92 Å². The molecule has 6 nitrogen and oxygen atoms in total. The molecule has 0 saturated heterocycles. The SMILES string of the molecule is Cc1ccc(Cl)c(OCC(=O)OCCN2C(=O)c3ccccc3C2=O)c1. The van der Waals surface area contributed by atoms with E-state index >= 15 is 0 Å². The number of carbonyl (C=O) groups is 3. The Morgan fingerprint density at radius 2 is 1.73 bits per heavy atom. The molecule has 3 rings (SSSR count). The fourth-order valence-electron chi connectivity index (χ4n) is 2.59. The highest BCUT2D eigenvalue weighted by atomic mass is 35.5. The molecular formula is C19H16ClNO5. The van der Waals surface area contributed by atoms with Crippen LogP contribution in [-0.4, -0.2) is 42.4 Å². The first-order chi connectivity index (χ1) is 12.5. The summed E-state index contributed by atoms with van der Waals surface area (Å²) >= 11 is 5.99. The molecule has 1 heterocycles. The lowest BCUT2D eigenvalue weighted by Crippen LogP contribution is -2.33. The molecule has 0 unspecified atom stereocenters. The minimum absolute atomic E-state index is 0.0106.